The van der Waals surface area contributed by atoms with E-state index in [0.29, 0.717) is 0 Å². The third kappa shape index (κ3) is 4.03. The van der Waals surface area contributed by atoms with Crippen LogP contribution in [-0.4, -0.2) is 81.9 Å². The predicted molar refractivity (Wildman–Crippen MR) is 63.8 cm³/mol. The Morgan fingerprint density at radius 2 is 0.432 bits per heavy atom. The third-order valence-corrected chi connectivity index (χ3v) is 4.25. The largest absolute Gasteiger partial charge is 0.460 e. The fourth-order valence-corrected chi connectivity index (χ4v) is 1.93. The van der Waals surface area contributed by atoms with Gasteiger partial charge in [-0.2, -0.15) is 101 Å². The summed E-state index contributed by atoms with van der Waals surface area (Å²) in [7, 11) is 0. The van der Waals surface area contributed by atoms with Crippen LogP contribution in [0, 0.1) is 0 Å². The van der Waals surface area contributed by atoms with Crippen LogP contribution in [0.15, 0.2) is 0 Å². The number of hydrogen-bond acceptors (Lipinski definition) is 2. The van der Waals surface area contributed by atoms with Gasteiger partial charge in [-0.1, -0.05) is 0 Å². The Kier molecular flexibility index (Phi) is 8.02. The van der Waals surface area contributed by atoms with Crippen LogP contribution in [0.1, 0.15) is 0 Å². The molecule has 0 spiro atoms. The molecule has 0 aromatic rings. The second-order valence-electron chi connectivity index (χ2n) is 6.66. The number of halogens is 23. The molecular weight excluding hydrogens is 613 g/mol. The summed E-state index contributed by atoms with van der Waals surface area (Å²) in [5.74, 6) is -89.4. The lowest BCUT2D eigenvalue weighted by molar-refractivity contribution is -0.481. The van der Waals surface area contributed by atoms with E-state index < -0.39 is 71.7 Å². The van der Waals surface area contributed by atoms with E-state index in [1.165, 1.54) is 0 Å². The minimum absolute atomic E-state index is 5.27. The highest BCUT2D eigenvalue weighted by Crippen LogP contribution is 2.67. The van der Waals surface area contributed by atoms with Crippen molar-refractivity contribution >= 4 is 0 Å². The van der Waals surface area contributed by atoms with Crippen molar-refractivity contribution in [3.63, 3.8) is 0 Å². The topological polar surface area (TPSA) is 40.5 Å². The number of aliphatic hydroxyl groups is 2. The van der Waals surface area contributed by atoms with Gasteiger partial charge in [0.25, 0.3) is 0 Å². The summed E-state index contributed by atoms with van der Waals surface area (Å²) in [5.41, 5.74) is 0. The average molecular weight is 616 g/mol. The Morgan fingerprint density at radius 1 is 0.270 bits per heavy atom. The van der Waals surface area contributed by atoms with Crippen LogP contribution in [0.5, 0.6) is 0 Å². The summed E-state index contributed by atoms with van der Waals surface area (Å²) < 4.78 is 298. The molecule has 0 unspecified atom stereocenters. The van der Waals surface area contributed by atoms with Crippen LogP contribution in [0.2, 0.25) is 0 Å². The van der Waals surface area contributed by atoms with Gasteiger partial charge < -0.3 is 10.2 Å². The summed E-state index contributed by atoms with van der Waals surface area (Å²) in [5, 5.41) is 15.6. The number of aliphatic hydroxyl groups excluding tert-OH is 1. The Labute approximate surface area is 184 Å². The SMILES string of the molecule is OC(O)C(F)(F)C(F)(F)C(F)(F)C(F)(F)C(F)(F)C(F)(F)C(F)(F)C(F)(F)C(F)(F)C(F)(F)C(F)(F)F. The van der Waals surface area contributed by atoms with E-state index in [-0.39, 0.29) is 0 Å². The Bertz CT molecular complexity index is 835. The van der Waals surface area contributed by atoms with Gasteiger partial charge in [0.05, 0.1) is 0 Å². The summed E-state index contributed by atoms with van der Waals surface area (Å²) in [6, 6.07) is 0. The summed E-state index contributed by atoms with van der Waals surface area (Å²) in [6.45, 7) is 0. The molecule has 0 amide bonds. The third-order valence-electron chi connectivity index (χ3n) is 4.25. The molecule has 0 saturated carbocycles. The van der Waals surface area contributed by atoms with Gasteiger partial charge in [-0.3, -0.25) is 0 Å². The fourth-order valence-electron chi connectivity index (χ4n) is 1.93. The first-order valence-corrected chi connectivity index (χ1v) is 7.65. The molecule has 0 rings (SSSR count). The maximum atomic E-state index is 13.4. The minimum Gasteiger partial charge on any atom is -0.363 e. The summed E-state index contributed by atoms with van der Waals surface area (Å²) in [6.07, 6.45) is -13.4. The highest BCUT2D eigenvalue weighted by Gasteiger charge is 2.99. The average Bonchev–Trinajstić information content (AvgIpc) is 2.65. The van der Waals surface area contributed by atoms with Crippen molar-refractivity contribution in [3.8, 4) is 0 Å². The van der Waals surface area contributed by atoms with E-state index in [2.05, 4.69) is 0 Å². The zero-order chi connectivity index (χ0) is 31.1. The van der Waals surface area contributed by atoms with Crippen LogP contribution in [0.3, 0.4) is 0 Å². The lowest BCUT2D eigenvalue weighted by Crippen LogP contribution is -2.78. The van der Waals surface area contributed by atoms with Crippen molar-refractivity contribution in [2.45, 2.75) is 71.7 Å². The van der Waals surface area contributed by atoms with Crippen LogP contribution >= 0.6 is 0 Å². The molecule has 0 aromatic carbocycles. The number of hydrogen-bond donors (Lipinski definition) is 2. The molecule has 0 aliphatic carbocycles. The first-order valence-electron chi connectivity index (χ1n) is 7.65. The van der Waals surface area contributed by atoms with Crippen molar-refractivity contribution in [1.29, 1.82) is 0 Å². The quantitative estimate of drug-likeness (QED) is 0.227. The van der Waals surface area contributed by atoms with E-state index in [0.717, 1.165) is 0 Å². The van der Waals surface area contributed by atoms with E-state index in [1.54, 1.807) is 0 Å². The van der Waals surface area contributed by atoms with Gasteiger partial charge in [0.15, 0.2) is 0 Å². The molecule has 2 N–H and O–H groups in total. The standard InChI is InChI=1S/C12H3F23O2/c13-2(14,1(36)37)3(15,16)4(17,18)5(19,20)6(21,22)7(23,24)8(25,26)9(27,28)10(29,30)11(31,32)12(33,34)35/h1,36-37H. The van der Waals surface area contributed by atoms with Crippen molar-refractivity contribution in [2.24, 2.45) is 0 Å². The molecule has 0 fully saturated rings. The Hall–Kier alpha value is -1.69. The number of alkyl halides is 23. The zero-order valence-electron chi connectivity index (χ0n) is 15.7. The van der Waals surface area contributed by atoms with Gasteiger partial charge in [-0.25, -0.2) is 0 Å². The molecule has 0 saturated heterocycles. The Morgan fingerprint density at radius 3 is 0.595 bits per heavy atom. The van der Waals surface area contributed by atoms with Gasteiger partial charge in [0.1, 0.15) is 0 Å². The van der Waals surface area contributed by atoms with Crippen molar-refractivity contribution in [2.75, 3.05) is 0 Å². The zero-order valence-corrected chi connectivity index (χ0v) is 15.7. The van der Waals surface area contributed by atoms with Crippen molar-refractivity contribution in [1.82, 2.24) is 0 Å². The first-order chi connectivity index (χ1) is 15.4. The second-order valence-corrected chi connectivity index (χ2v) is 6.66. The van der Waals surface area contributed by atoms with Crippen LogP contribution in [-0.2, 0) is 0 Å². The summed E-state index contributed by atoms with van der Waals surface area (Å²) >= 11 is 0. The fraction of sp³-hybridized carbons (Fsp3) is 1.00. The van der Waals surface area contributed by atoms with E-state index in [4.69, 9.17) is 10.2 Å². The molecule has 25 heteroatoms. The van der Waals surface area contributed by atoms with E-state index in [9.17, 15) is 101 Å². The molecule has 224 valence electrons. The molecule has 0 aromatic heterocycles. The molecule has 0 aliphatic heterocycles. The van der Waals surface area contributed by atoms with Crippen LogP contribution < -0.4 is 0 Å². The highest BCUT2D eigenvalue weighted by molar-refractivity contribution is 5.19. The molecule has 0 aliphatic rings. The minimum atomic E-state index is -9.48. The van der Waals surface area contributed by atoms with Gasteiger partial charge >= 0.3 is 65.4 Å². The molecule has 0 heterocycles. The van der Waals surface area contributed by atoms with Crippen molar-refractivity contribution < 1.29 is 111 Å². The highest BCUT2D eigenvalue weighted by atomic mass is 19.4. The van der Waals surface area contributed by atoms with Gasteiger partial charge in [-0.15, -0.1) is 0 Å². The van der Waals surface area contributed by atoms with Gasteiger partial charge in [-0.05, 0) is 0 Å². The maximum absolute atomic E-state index is 13.4. The number of rotatable bonds is 10. The maximum Gasteiger partial charge on any atom is 0.460 e. The van der Waals surface area contributed by atoms with E-state index in [1.807, 2.05) is 0 Å². The Balaban J connectivity index is 7.22. The molecule has 0 radical (unpaired) electrons. The molecule has 37 heavy (non-hydrogen) atoms. The first kappa shape index (κ1) is 35.3. The second kappa shape index (κ2) is 8.40. The molecule has 0 atom stereocenters. The summed E-state index contributed by atoms with van der Waals surface area (Å²) in [4.78, 5) is 0. The lowest BCUT2D eigenvalue weighted by atomic mass is 9.85. The van der Waals surface area contributed by atoms with Gasteiger partial charge in [0, 0.05) is 0 Å². The monoisotopic (exact) mass is 616 g/mol. The van der Waals surface area contributed by atoms with Crippen LogP contribution in [0.4, 0.5) is 101 Å². The smallest absolute Gasteiger partial charge is 0.363 e. The molecule has 0 bridgehead atoms. The van der Waals surface area contributed by atoms with Crippen LogP contribution in [0.25, 0.3) is 0 Å². The van der Waals surface area contributed by atoms with E-state index >= 15 is 0 Å². The normalized spacial score (nSPS) is 17.0. The molecule has 2 nitrogen and oxygen atoms in total. The predicted octanol–water partition coefficient (Wildman–Crippen LogP) is 6.21. The molecular formula is C12H3F23O2. The van der Waals surface area contributed by atoms with Crippen molar-refractivity contribution in [3.05, 3.63) is 0 Å². The van der Waals surface area contributed by atoms with Gasteiger partial charge in [0.2, 0.25) is 6.29 Å². The lowest BCUT2D eigenvalue weighted by Gasteiger charge is -2.45.